The van der Waals surface area contributed by atoms with E-state index < -0.39 is 7.92 Å². The van der Waals surface area contributed by atoms with Crippen LogP contribution in [-0.4, -0.2) is 0 Å². The normalized spacial score (nSPS) is 11.1. The largest absolute Gasteiger partial charge is 0.0622 e. The van der Waals surface area contributed by atoms with Crippen LogP contribution in [0.3, 0.4) is 0 Å². The van der Waals surface area contributed by atoms with E-state index in [9.17, 15) is 0 Å². The first-order valence-corrected chi connectivity index (χ1v) is 10.0. The second-order valence-corrected chi connectivity index (χ2v) is 8.70. The summed E-state index contributed by atoms with van der Waals surface area (Å²) in [5.41, 5.74) is 0. The van der Waals surface area contributed by atoms with E-state index in [0.717, 1.165) is 0 Å². The summed E-state index contributed by atoms with van der Waals surface area (Å²) in [6.07, 6.45) is 0. The fourth-order valence-electron chi connectivity index (χ4n) is 2.95. The fourth-order valence-corrected chi connectivity index (χ4v) is 6.19. The molecule has 116 valence electrons. The molecule has 0 saturated carbocycles. The van der Waals surface area contributed by atoms with E-state index in [-0.39, 0.29) is 0 Å². The average Bonchev–Trinajstić information content (AvgIpc) is 2.64. The minimum absolute atomic E-state index is 0.587. The van der Waals surface area contributed by atoms with Crippen molar-refractivity contribution < 1.29 is 0 Å². The fraction of sp³-hybridized carbons (Fsp3) is 0. The van der Waals surface area contributed by atoms with Crippen LogP contribution < -0.4 is 15.9 Å². The lowest BCUT2D eigenvalue weighted by Gasteiger charge is -2.21. The summed E-state index contributed by atoms with van der Waals surface area (Å²) in [7, 11) is -0.587. The van der Waals surface area contributed by atoms with Gasteiger partial charge < -0.3 is 0 Å². The molecule has 0 heterocycles. The molecule has 0 N–H and O–H groups in total. The predicted molar refractivity (Wildman–Crippen MR) is 110 cm³/mol. The molecule has 0 spiro atoms. The lowest BCUT2D eigenvalue weighted by atomic mass is 10.1. The lowest BCUT2D eigenvalue weighted by Crippen LogP contribution is -2.21. The molecule has 0 fully saturated rings. The first kappa shape index (κ1) is 15.6. The van der Waals surface area contributed by atoms with E-state index in [1.165, 1.54) is 31.2 Å². The molecule has 0 unspecified atom stereocenters. The Bertz CT molecular complexity index is 925. The predicted octanol–water partition coefficient (Wildman–Crippen LogP) is 5.36. The number of hydrogen-bond donors (Lipinski definition) is 0. The van der Waals surface area contributed by atoms with Crippen molar-refractivity contribution in [2.75, 3.05) is 0 Å². The Morgan fingerprint density at radius 3 is 1.54 bits per heavy atom. The third-order valence-electron chi connectivity index (χ3n) is 4.08. The maximum absolute atomic E-state index is 3.83. The van der Waals surface area contributed by atoms with E-state index >= 15 is 0 Å². The molecule has 24 heavy (non-hydrogen) atoms. The van der Waals surface area contributed by atoms with Gasteiger partial charge in [0.2, 0.25) is 0 Å². The van der Waals surface area contributed by atoms with Crippen LogP contribution in [0.1, 0.15) is 0 Å². The van der Waals surface area contributed by atoms with Gasteiger partial charge in [-0.15, -0.1) is 0 Å². The van der Waals surface area contributed by atoms with Gasteiger partial charge in [-0.1, -0.05) is 101 Å². The van der Waals surface area contributed by atoms with Gasteiger partial charge in [0.1, 0.15) is 0 Å². The second kappa shape index (κ2) is 6.89. The highest BCUT2D eigenvalue weighted by Crippen LogP contribution is 2.37. The summed E-state index contributed by atoms with van der Waals surface area (Å²) >= 11 is 3.83. The summed E-state index contributed by atoms with van der Waals surface area (Å²) in [6.45, 7) is 0. The van der Waals surface area contributed by atoms with Crippen molar-refractivity contribution >= 4 is 50.5 Å². The van der Waals surface area contributed by atoms with Gasteiger partial charge in [0.05, 0.1) is 0 Å². The Balaban J connectivity index is 1.96. The highest BCUT2D eigenvalue weighted by molar-refractivity contribution is 9.10. The number of halogens is 1. The third kappa shape index (κ3) is 3.02. The Morgan fingerprint density at radius 1 is 0.542 bits per heavy atom. The van der Waals surface area contributed by atoms with Crippen molar-refractivity contribution in [3.05, 3.63) is 102 Å². The van der Waals surface area contributed by atoms with Gasteiger partial charge in [0.15, 0.2) is 0 Å². The minimum atomic E-state index is -0.587. The van der Waals surface area contributed by atoms with Gasteiger partial charge in [-0.2, -0.15) is 0 Å². The molecule has 0 radical (unpaired) electrons. The molecule has 4 aromatic carbocycles. The van der Waals surface area contributed by atoms with Gasteiger partial charge >= 0.3 is 0 Å². The molecule has 0 amide bonds. The molecule has 0 nitrogen and oxygen atoms in total. The lowest BCUT2D eigenvalue weighted by molar-refractivity contribution is 1.73. The molecular formula is C22H16BrP. The molecule has 4 aromatic rings. The van der Waals surface area contributed by atoms with Gasteiger partial charge in [0.25, 0.3) is 0 Å². The van der Waals surface area contributed by atoms with Crippen molar-refractivity contribution in [1.82, 2.24) is 0 Å². The van der Waals surface area contributed by atoms with E-state index in [0.29, 0.717) is 0 Å². The van der Waals surface area contributed by atoms with E-state index in [1.54, 1.807) is 0 Å². The summed E-state index contributed by atoms with van der Waals surface area (Å²) in [5, 5.41) is 6.66. The molecular weight excluding hydrogens is 375 g/mol. The molecule has 0 aromatic heterocycles. The Hall–Kier alpha value is -1.95. The third-order valence-corrected chi connectivity index (χ3v) is 7.53. The van der Waals surface area contributed by atoms with Crippen molar-refractivity contribution in [2.24, 2.45) is 0 Å². The highest BCUT2D eigenvalue weighted by atomic mass is 79.9. The number of fused-ring (bicyclic) bond motifs is 1. The Labute approximate surface area is 152 Å². The second-order valence-electron chi connectivity index (χ2n) is 5.66. The van der Waals surface area contributed by atoms with E-state index in [4.69, 9.17) is 0 Å². The van der Waals surface area contributed by atoms with Crippen LogP contribution in [0.25, 0.3) is 10.8 Å². The van der Waals surface area contributed by atoms with Gasteiger partial charge in [-0.05, 0) is 46.7 Å². The number of rotatable bonds is 3. The summed E-state index contributed by atoms with van der Waals surface area (Å²) < 4.78 is 1.18. The summed E-state index contributed by atoms with van der Waals surface area (Å²) in [6, 6.07) is 34.7. The van der Waals surface area contributed by atoms with E-state index in [1.807, 2.05) is 0 Å². The van der Waals surface area contributed by atoms with Crippen LogP contribution in [0.2, 0.25) is 0 Å². The van der Waals surface area contributed by atoms with Crippen LogP contribution in [0.5, 0.6) is 0 Å². The van der Waals surface area contributed by atoms with Crippen molar-refractivity contribution in [3.8, 4) is 0 Å². The van der Waals surface area contributed by atoms with Crippen molar-refractivity contribution in [2.45, 2.75) is 0 Å². The molecule has 0 aliphatic rings. The van der Waals surface area contributed by atoms with Crippen LogP contribution in [0, 0.1) is 0 Å². The maximum Gasteiger partial charge on any atom is 0.0265 e. The zero-order chi connectivity index (χ0) is 16.4. The smallest absolute Gasteiger partial charge is 0.0265 e. The van der Waals surface area contributed by atoms with Gasteiger partial charge in [-0.25, -0.2) is 0 Å². The molecule has 0 aliphatic heterocycles. The van der Waals surface area contributed by atoms with Crippen molar-refractivity contribution in [1.29, 1.82) is 0 Å². The first-order valence-electron chi connectivity index (χ1n) is 7.91. The van der Waals surface area contributed by atoms with Gasteiger partial charge in [-0.3, -0.25) is 0 Å². The highest BCUT2D eigenvalue weighted by Gasteiger charge is 2.19. The molecule has 0 aliphatic carbocycles. The van der Waals surface area contributed by atoms with Crippen LogP contribution in [0.15, 0.2) is 102 Å². The monoisotopic (exact) mass is 390 g/mol. The standard InChI is InChI=1S/C22H16BrP/c23-21-15-17-9-7-8-10-18(17)16-22(21)24(19-11-3-1-4-12-19)20-13-5-2-6-14-20/h1-16H. The molecule has 4 rings (SSSR count). The van der Waals surface area contributed by atoms with Crippen LogP contribution >= 0.6 is 23.9 Å². The Kier molecular flexibility index (Phi) is 4.47. The molecule has 0 saturated heterocycles. The number of benzene rings is 4. The quantitative estimate of drug-likeness (QED) is 0.413. The summed E-state index contributed by atoms with van der Waals surface area (Å²) in [4.78, 5) is 0. The topological polar surface area (TPSA) is 0 Å². The zero-order valence-corrected chi connectivity index (χ0v) is 15.5. The van der Waals surface area contributed by atoms with E-state index in [2.05, 4.69) is 113 Å². The maximum atomic E-state index is 3.83. The summed E-state index contributed by atoms with van der Waals surface area (Å²) in [5.74, 6) is 0. The first-order chi connectivity index (χ1) is 11.8. The molecule has 0 atom stereocenters. The molecule has 0 bridgehead atoms. The molecule has 2 heteroatoms. The minimum Gasteiger partial charge on any atom is -0.0622 e. The van der Waals surface area contributed by atoms with Gasteiger partial charge in [0, 0.05) is 4.47 Å². The SMILES string of the molecule is Brc1cc2ccccc2cc1P(c1ccccc1)c1ccccc1. The zero-order valence-electron chi connectivity index (χ0n) is 13.1. The van der Waals surface area contributed by atoms with Crippen LogP contribution in [0.4, 0.5) is 0 Å². The Morgan fingerprint density at radius 2 is 1.00 bits per heavy atom. The van der Waals surface area contributed by atoms with Crippen LogP contribution in [-0.2, 0) is 0 Å². The number of hydrogen-bond acceptors (Lipinski definition) is 0. The van der Waals surface area contributed by atoms with Crippen molar-refractivity contribution in [3.63, 3.8) is 0 Å². The average molecular weight is 391 g/mol.